The summed E-state index contributed by atoms with van der Waals surface area (Å²) in [7, 11) is 0. The fourth-order valence-electron chi connectivity index (χ4n) is 4.22. The molecule has 0 bridgehead atoms. The van der Waals surface area contributed by atoms with Crippen LogP contribution in [0.4, 0.5) is 16.2 Å². The summed E-state index contributed by atoms with van der Waals surface area (Å²) in [6.07, 6.45) is 1.19. The Bertz CT molecular complexity index is 1220. The Morgan fingerprint density at radius 1 is 0.882 bits per heavy atom. The first-order chi connectivity index (χ1) is 16.3. The number of carboxylic acids is 1. The molecule has 34 heavy (non-hydrogen) atoms. The average molecular weight is 458 g/mol. The maximum atomic E-state index is 12.7. The van der Waals surface area contributed by atoms with E-state index in [0.717, 1.165) is 27.9 Å². The largest absolute Gasteiger partial charge is 0.480 e. The van der Waals surface area contributed by atoms with E-state index in [2.05, 4.69) is 10.6 Å². The van der Waals surface area contributed by atoms with Gasteiger partial charge in [0.05, 0.1) is 0 Å². The lowest BCUT2D eigenvalue weighted by Gasteiger charge is -2.21. The molecule has 3 amide bonds. The van der Waals surface area contributed by atoms with E-state index in [4.69, 9.17) is 0 Å². The highest BCUT2D eigenvalue weighted by molar-refractivity contribution is 6.00. The van der Waals surface area contributed by atoms with Gasteiger partial charge in [-0.25, -0.2) is 9.59 Å². The summed E-state index contributed by atoms with van der Waals surface area (Å²) >= 11 is 0. The van der Waals surface area contributed by atoms with Crippen LogP contribution >= 0.6 is 0 Å². The number of aliphatic carboxylic acids is 1. The average Bonchev–Trinajstić information content (AvgIpc) is 3.32. The number of carbonyl (C=O) groups excluding carboxylic acids is 2. The topological polar surface area (TPSA) is 98.7 Å². The van der Waals surface area contributed by atoms with Crippen molar-refractivity contribution >= 4 is 29.3 Å². The van der Waals surface area contributed by atoms with Crippen LogP contribution < -0.4 is 10.6 Å². The van der Waals surface area contributed by atoms with Crippen LogP contribution in [-0.2, 0) is 4.79 Å². The van der Waals surface area contributed by atoms with Crippen molar-refractivity contribution in [3.05, 3.63) is 83.4 Å². The van der Waals surface area contributed by atoms with Crippen molar-refractivity contribution in [3.8, 4) is 11.1 Å². The third-order valence-corrected chi connectivity index (χ3v) is 6.04. The van der Waals surface area contributed by atoms with Crippen LogP contribution in [0.5, 0.6) is 0 Å². The Labute approximate surface area is 198 Å². The molecule has 4 rings (SSSR count). The fourth-order valence-corrected chi connectivity index (χ4v) is 4.22. The van der Waals surface area contributed by atoms with Crippen LogP contribution in [0.25, 0.3) is 11.1 Å². The molecule has 3 aromatic rings. The number of benzene rings is 3. The molecule has 1 fully saturated rings. The number of urea groups is 1. The minimum absolute atomic E-state index is 0.258. The molecule has 1 heterocycles. The van der Waals surface area contributed by atoms with Crippen molar-refractivity contribution in [1.82, 2.24) is 4.90 Å². The van der Waals surface area contributed by atoms with Gasteiger partial charge in [0, 0.05) is 23.5 Å². The summed E-state index contributed by atoms with van der Waals surface area (Å²) in [6, 6.07) is 19.3. The number of carboxylic acid groups (broad SMARTS) is 1. The first-order valence-corrected chi connectivity index (χ1v) is 11.2. The molecular weight excluding hydrogens is 430 g/mol. The molecule has 174 valence electrons. The smallest absolute Gasteiger partial charge is 0.326 e. The second-order valence-corrected chi connectivity index (χ2v) is 8.55. The maximum Gasteiger partial charge on any atom is 0.326 e. The van der Waals surface area contributed by atoms with Crippen molar-refractivity contribution in [2.24, 2.45) is 0 Å². The van der Waals surface area contributed by atoms with Crippen LogP contribution in [0.1, 0.15) is 34.3 Å². The van der Waals surface area contributed by atoms with Gasteiger partial charge in [-0.15, -0.1) is 0 Å². The molecule has 3 N–H and O–H groups in total. The van der Waals surface area contributed by atoms with E-state index in [0.29, 0.717) is 30.6 Å². The van der Waals surface area contributed by atoms with E-state index in [1.165, 1.54) is 4.90 Å². The Kier molecular flexibility index (Phi) is 6.63. The van der Waals surface area contributed by atoms with Gasteiger partial charge in [-0.05, 0) is 73.7 Å². The maximum absolute atomic E-state index is 12.7. The lowest BCUT2D eigenvalue weighted by atomic mass is 10.0. The SMILES string of the molecule is Cc1ccc(NC(=O)Nc2ccc(-c3ccc(C(=O)N4CCC[C@@H]4C(=O)O)cc3)cc2)c(C)c1. The van der Waals surface area contributed by atoms with Gasteiger partial charge >= 0.3 is 12.0 Å². The molecule has 0 aromatic heterocycles. The van der Waals surface area contributed by atoms with Crippen LogP contribution in [0.3, 0.4) is 0 Å². The van der Waals surface area contributed by atoms with Gasteiger partial charge in [-0.1, -0.05) is 42.0 Å². The molecule has 0 radical (unpaired) electrons. The monoisotopic (exact) mass is 457 g/mol. The molecule has 1 aliphatic heterocycles. The summed E-state index contributed by atoms with van der Waals surface area (Å²) in [4.78, 5) is 37.9. The number of anilines is 2. The predicted octanol–water partition coefficient (Wildman–Crippen LogP) is 5.30. The van der Waals surface area contributed by atoms with Crippen molar-refractivity contribution in [1.29, 1.82) is 0 Å². The lowest BCUT2D eigenvalue weighted by Crippen LogP contribution is -2.40. The highest BCUT2D eigenvalue weighted by Gasteiger charge is 2.34. The Morgan fingerprint density at radius 3 is 2.15 bits per heavy atom. The van der Waals surface area contributed by atoms with Crippen LogP contribution in [-0.4, -0.2) is 40.5 Å². The summed E-state index contributed by atoms with van der Waals surface area (Å²) in [5.74, 6) is -1.22. The molecule has 1 atom stereocenters. The van der Waals surface area contributed by atoms with E-state index >= 15 is 0 Å². The molecule has 7 nitrogen and oxygen atoms in total. The van der Waals surface area contributed by atoms with E-state index < -0.39 is 12.0 Å². The van der Waals surface area contributed by atoms with Gasteiger partial charge in [0.15, 0.2) is 0 Å². The zero-order valence-electron chi connectivity index (χ0n) is 19.2. The lowest BCUT2D eigenvalue weighted by molar-refractivity contribution is -0.141. The van der Waals surface area contributed by atoms with Crippen molar-refractivity contribution in [2.75, 3.05) is 17.2 Å². The number of nitrogens with zero attached hydrogens (tertiary/aromatic N) is 1. The van der Waals surface area contributed by atoms with Gasteiger partial charge < -0.3 is 20.6 Å². The Balaban J connectivity index is 1.39. The molecule has 1 saturated heterocycles. The number of aryl methyl sites for hydroxylation is 2. The number of hydrogen-bond donors (Lipinski definition) is 3. The van der Waals surface area contributed by atoms with E-state index in [1.54, 1.807) is 12.1 Å². The van der Waals surface area contributed by atoms with Gasteiger partial charge in [0.2, 0.25) is 0 Å². The van der Waals surface area contributed by atoms with E-state index in [1.807, 2.05) is 68.4 Å². The molecule has 3 aromatic carbocycles. The number of rotatable bonds is 5. The van der Waals surface area contributed by atoms with Crippen molar-refractivity contribution < 1.29 is 19.5 Å². The standard InChI is InChI=1S/C27H27N3O4/c1-17-5-14-23(18(2)16-17)29-27(34)28-22-12-10-20(11-13-22)19-6-8-21(9-7-19)25(31)30-15-3-4-24(30)26(32)33/h5-14,16,24H,3-4,15H2,1-2H3,(H,32,33)(H2,28,29,34)/t24-/m1/s1. The van der Waals surface area contributed by atoms with Crippen LogP contribution in [0.2, 0.25) is 0 Å². The molecule has 0 saturated carbocycles. The first kappa shape index (κ1) is 23.0. The Hall–Kier alpha value is -4.13. The summed E-state index contributed by atoms with van der Waals surface area (Å²) in [5.41, 5.74) is 5.87. The molecule has 0 unspecified atom stereocenters. The van der Waals surface area contributed by atoms with Gasteiger partial charge in [0.25, 0.3) is 5.91 Å². The summed E-state index contributed by atoms with van der Waals surface area (Å²) in [6.45, 7) is 4.42. The minimum Gasteiger partial charge on any atom is -0.480 e. The number of nitrogens with one attached hydrogen (secondary N) is 2. The normalized spacial score (nSPS) is 15.1. The zero-order chi connectivity index (χ0) is 24.2. The number of hydrogen-bond acceptors (Lipinski definition) is 3. The fraction of sp³-hybridized carbons (Fsp3) is 0.222. The molecule has 0 spiro atoms. The van der Waals surface area contributed by atoms with E-state index in [-0.39, 0.29) is 11.9 Å². The van der Waals surface area contributed by atoms with Gasteiger partial charge in [-0.3, -0.25) is 4.79 Å². The quantitative estimate of drug-likeness (QED) is 0.484. The number of likely N-dealkylation sites (tertiary alicyclic amines) is 1. The molecule has 0 aliphatic carbocycles. The summed E-state index contributed by atoms with van der Waals surface area (Å²) < 4.78 is 0. The highest BCUT2D eigenvalue weighted by Crippen LogP contribution is 2.25. The summed E-state index contributed by atoms with van der Waals surface area (Å²) in [5, 5.41) is 15.0. The molecule has 7 heteroatoms. The van der Waals surface area contributed by atoms with Gasteiger partial charge in [0.1, 0.15) is 6.04 Å². The van der Waals surface area contributed by atoms with Gasteiger partial charge in [-0.2, -0.15) is 0 Å². The number of amides is 3. The third-order valence-electron chi connectivity index (χ3n) is 6.04. The van der Waals surface area contributed by atoms with Crippen molar-refractivity contribution in [3.63, 3.8) is 0 Å². The predicted molar refractivity (Wildman–Crippen MR) is 132 cm³/mol. The second-order valence-electron chi connectivity index (χ2n) is 8.55. The molecule has 1 aliphatic rings. The first-order valence-electron chi connectivity index (χ1n) is 11.2. The highest BCUT2D eigenvalue weighted by atomic mass is 16.4. The second kappa shape index (κ2) is 9.79. The minimum atomic E-state index is -0.959. The zero-order valence-corrected chi connectivity index (χ0v) is 19.2. The Morgan fingerprint density at radius 2 is 1.53 bits per heavy atom. The molecular formula is C27H27N3O4. The van der Waals surface area contributed by atoms with Crippen LogP contribution in [0, 0.1) is 13.8 Å². The van der Waals surface area contributed by atoms with Crippen LogP contribution in [0.15, 0.2) is 66.7 Å². The number of carbonyl (C=O) groups is 3. The van der Waals surface area contributed by atoms with Crippen molar-refractivity contribution in [2.45, 2.75) is 32.7 Å². The van der Waals surface area contributed by atoms with E-state index in [9.17, 15) is 19.5 Å². The third kappa shape index (κ3) is 5.09.